The molecule has 0 spiro atoms. The van der Waals surface area contributed by atoms with Gasteiger partial charge in [-0.1, -0.05) is 0 Å². The average Bonchev–Trinajstić information content (AvgIpc) is 3.89. The van der Waals surface area contributed by atoms with Gasteiger partial charge in [-0.2, -0.15) is 0 Å². The Morgan fingerprint density at radius 1 is 0.930 bits per heavy atom. The number of likely N-dealkylation sites (N-methyl/N-ethyl adjacent to an activating group) is 1. The van der Waals surface area contributed by atoms with Crippen molar-refractivity contribution in [3.05, 3.63) is 88.4 Å². The zero-order chi connectivity index (χ0) is 39.3. The van der Waals surface area contributed by atoms with Gasteiger partial charge in [0.25, 0.3) is 11.8 Å². The Bertz CT molecular complexity index is 2260. The lowest BCUT2D eigenvalue weighted by molar-refractivity contribution is -0.137. The maximum Gasteiger partial charge on any atom is 0.262 e. The second-order valence-electron chi connectivity index (χ2n) is 16.1. The Kier molecular flexibility index (Phi) is 8.37. The van der Waals surface area contributed by atoms with Crippen LogP contribution in [0.4, 0.5) is 5.69 Å². The van der Waals surface area contributed by atoms with E-state index in [1.807, 2.05) is 30.3 Å². The first kappa shape index (κ1) is 35.6. The Balaban J connectivity index is 0.759. The van der Waals surface area contributed by atoms with Crippen LogP contribution in [0.3, 0.4) is 0 Å². The standard InChI is InChI=1S/C42H43N7O8/c1-45-19-29(25-8-10-43-16-28(25)38-42(45)57-38)23-13-34(55-2)30(35(14-23)56-3)20-46-17-22(18-46)12-37(51)47-11-9-31-33(47)21-48(31)24-4-5-26-27(15-24)41(54)49(40(26)53)32-6-7-36(50)44-39(32)52/h4-5,8,10,13-16,19,22,31-33,38,42H,6-7,9,11-12,17-18,20-21H2,1-3H3,(H,44,50,52). The number of piperidine rings is 1. The highest BCUT2D eigenvalue weighted by atomic mass is 16.6. The number of amides is 5. The molecule has 0 aliphatic carbocycles. The van der Waals surface area contributed by atoms with Crippen molar-refractivity contribution in [2.45, 2.75) is 62.7 Å². The van der Waals surface area contributed by atoms with E-state index in [1.54, 1.807) is 32.5 Å². The van der Waals surface area contributed by atoms with Crippen molar-refractivity contribution in [1.29, 1.82) is 0 Å². The number of likely N-dealkylation sites (tertiary alicyclic amines) is 2. The summed E-state index contributed by atoms with van der Waals surface area (Å²) in [6, 6.07) is 10.6. The monoisotopic (exact) mass is 773 g/mol. The molecule has 5 unspecified atom stereocenters. The first-order valence-corrected chi connectivity index (χ1v) is 19.5. The summed E-state index contributed by atoms with van der Waals surface area (Å²) in [5.41, 5.74) is 6.47. The average molecular weight is 774 g/mol. The molecule has 8 heterocycles. The molecule has 0 saturated carbocycles. The summed E-state index contributed by atoms with van der Waals surface area (Å²) in [6.45, 7) is 3.55. The van der Waals surface area contributed by atoms with Gasteiger partial charge in [0.15, 0.2) is 6.23 Å². The number of hydrogen-bond donors (Lipinski definition) is 1. The van der Waals surface area contributed by atoms with Crippen LogP contribution in [0.25, 0.3) is 5.57 Å². The van der Waals surface area contributed by atoms with E-state index in [1.165, 1.54) is 0 Å². The molecule has 0 radical (unpaired) electrons. The second kappa shape index (κ2) is 13.4. The van der Waals surface area contributed by atoms with Crippen LogP contribution in [-0.4, -0.2) is 126 Å². The largest absolute Gasteiger partial charge is 0.496 e. The number of imide groups is 2. The molecule has 57 heavy (non-hydrogen) atoms. The van der Waals surface area contributed by atoms with Crippen LogP contribution in [0, 0.1) is 5.92 Å². The van der Waals surface area contributed by atoms with E-state index >= 15 is 0 Å². The number of ether oxygens (including phenoxy) is 3. The minimum Gasteiger partial charge on any atom is -0.496 e. The van der Waals surface area contributed by atoms with Crippen LogP contribution >= 0.6 is 0 Å². The van der Waals surface area contributed by atoms with Gasteiger partial charge in [-0.05, 0) is 66.3 Å². The predicted molar refractivity (Wildman–Crippen MR) is 204 cm³/mol. The van der Waals surface area contributed by atoms with Crippen LogP contribution in [0.5, 0.6) is 11.5 Å². The summed E-state index contributed by atoms with van der Waals surface area (Å²) in [5, 5.41) is 2.23. The van der Waals surface area contributed by atoms with Crippen molar-refractivity contribution in [3.8, 4) is 11.5 Å². The molecular weight excluding hydrogens is 731 g/mol. The lowest BCUT2D eigenvalue weighted by atomic mass is 9.92. The first-order valence-electron chi connectivity index (χ1n) is 19.5. The van der Waals surface area contributed by atoms with Gasteiger partial charge >= 0.3 is 0 Å². The highest BCUT2D eigenvalue weighted by Gasteiger charge is 2.51. The van der Waals surface area contributed by atoms with Gasteiger partial charge in [0, 0.05) is 88.0 Å². The third-order valence-electron chi connectivity index (χ3n) is 12.8. The zero-order valence-electron chi connectivity index (χ0n) is 32.0. The fraction of sp³-hybridized carbons (Fsp3) is 0.429. The third-order valence-corrected chi connectivity index (χ3v) is 12.8. The number of nitrogens with zero attached hydrogens (tertiary/aromatic N) is 6. The molecule has 5 atom stereocenters. The zero-order valence-corrected chi connectivity index (χ0v) is 32.0. The van der Waals surface area contributed by atoms with Crippen molar-refractivity contribution < 1.29 is 38.2 Å². The molecule has 7 aliphatic heterocycles. The van der Waals surface area contributed by atoms with E-state index in [9.17, 15) is 24.0 Å². The Labute approximate surface area is 329 Å². The van der Waals surface area contributed by atoms with E-state index in [4.69, 9.17) is 14.2 Å². The number of methoxy groups -OCH3 is 2. The molecule has 1 N–H and O–H groups in total. The Hall–Kier alpha value is -5.80. The maximum absolute atomic E-state index is 13.6. The molecule has 1 aromatic heterocycles. The predicted octanol–water partition coefficient (Wildman–Crippen LogP) is 2.54. The van der Waals surface area contributed by atoms with Crippen LogP contribution in [0.2, 0.25) is 0 Å². The molecule has 0 bridgehead atoms. The SMILES string of the molecule is COc1cc(C2=CN(C)C3OC3c3cnccc32)cc(OC)c1CN1CC(CC(=O)N2CCC3C2CN3c2ccc3c(c2)C(=O)N(C2CCC(=O)NC2=O)C3=O)C1. The van der Waals surface area contributed by atoms with E-state index in [0.717, 1.165) is 69.4 Å². The Morgan fingerprint density at radius 3 is 2.46 bits per heavy atom. The molecule has 3 aromatic rings. The number of fused-ring (bicyclic) bond motifs is 5. The fourth-order valence-electron chi connectivity index (χ4n) is 9.78. The van der Waals surface area contributed by atoms with E-state index < -0.39 is 29.7 Å². The number of pyridine rings is 1. The van der Waals surface area contributed by atoms with E-state index in [-0.39, 0.29) is 60.2 Å². The first-order chi connectivity index (χ1) is 27.6. The maximum atomic E-state index is 13.6. The summed E-state index contributed by atoms with van der Waals surface area (Å²) in [7, 11) is 5.38. The lowest BCUT2D eigenvalue weighted by Crippen LogP contribution is -2.63. The molecule has 7 aliphatic rings. The molecule has 294 valence electrons. The van der Waals surface area contributed by atoms with Crippen LogP contribution in [0.1, 0.15) is 74.8 Å². The van der Waals surface area contributed by atoms with Crippen molar-refractivity contribution in [3.63, 3.8) is 0 Å². The summed E-state index contributed by atoms with van der Waals surface area (Å²) >= 11 is 0. The van der Waals surface area contributed by atoms with Crippen molar-refractivity contribution in [1.82, 2.24) is 29.9 Å². The van der Waals surface area contributed by atoms with Gasteiger partial charge in [-0.15, -0.1) is 0 Å². The number of benzene rings is 2. The van der Waals surface area contributed by atoms with Gasteiger partial charge in [-0.3, -0.25) is 44.1 Å². The number of nitrogens with one attached hydrogen (secondary N) is 1. The quantitative estimate of drug-likeness (QED) is 0.251. The van der Waals surface area contributed by atoms with Crippen LogP contribution in [-0.2, 0) is 25.7 Å². The number of hydrogen-bond acceptors (Lipinski definition) is 12. The topological polar surface area (TPSA) is 157 Å². The summed E-state index contributed by atoms with van der Waals surface area (Å²) < 4.78 is 17.8. The van der Waals surface area contributed by atoms with Crippen molar-refractivity contribution in [2.75, 3.05) is 52.3 Å². The highest BCUT2D eigenvalue weighted by Crippen LogP contribution is 2.48. The van der Waals surface area contributed by atoms with Gasteiger partial charge in [0.1, 0.15) is 23.6 Å². The fourth-order valence-corrected chi connectivity index (χ4v) is 9.78. The molecule has 15 heteroatoms. The molecule has 10 rings (SSSR count). The molecule has 5 fully saturated rings. The molecule has 5 saturated heterocycles. The molecule has 5 amide bonds. The molecular formula is C42H43N7O8. The summed E-state index contributed by atoms with van der Waals surface area (Å²) in [4.78, 5) is 78.3. The summed E-state index contributed by atoms with van der Waals surface area (Å²) in [5.74, 6) is -0.161. The van der Waals surface area contributed by atoms with Crippen molar-refractivity contribution in [2.24, 2.45) is 5.92 Å². The summed E-state index contributed by atoms with van der Waals surface area (Å²) in [6.07, 6.45) is 7.29. The molecule has 15 nitrogen and oxygen atoms in total. The normalized spacial score (nSPS) is 26.4. The van der Waals surface area contributed by atoms with Crippen LogP contribution < -0.4 is 19.7 Å². The smallest absolute Gasteiger partial charge is 0.262 e. The highest BCUT2D eigenvalue weighted by molar-refractivity contribution is 6.23. The van der Waals surface area contributed by atoms with Gasteiger partial charge in [0.2, 0.25) is 17.7 Å². The molecule has 2 aromatic carbocycles. The lowest BCUT2D eigenvalue weighted by Gasteiger charge is -2.48. The van der Waals surface area contributed by atoms with Crippen LogP contribution in [0.15, 0.2) is 55.0 Å². The number of carbonyl (C=O) groups excluding carboxylic acids is 5. The van der Waals surface area contributed by atoms with E-state index in [2.05, 4.69) is 43.3 Å². The second-order valence-corrected chi connectivity index (χ2v) is 16.1. The number of epoxide rings is 1. The third kappa shape index (κ3) is 5.77. The van der Waals surface area contributed by atoms with Gasteiger partial charge in [-0.25, -0.2) is 0 Å². The number of anilines is 1. The Morgan fingerprint density at radius 2 is 1.70 bits per heavy atom. The van der Waals surface area contributed by atoms with Gasteiger partial charge < -0.3 is 28.9 Å². The number of rotatable bonds is 9. The van der Waals surface area contributed by atoms with Crippen molar-refractivity contribution >= 4 is 40.8 Å². The number of carbonyl (C=O) groups is 5. The minimum absolute atomic E-state index is 0.00223. The minimum atomic E-state index is -1.00. The van der Waals surface area contributed by atoms with Gasteiger partial charge in [0.05, 0.1) is 43.0 Å². The number of aromatic nitrogens is 1. The van der Waals surface area contributed by atoms with E-state index in [0.29, 0.717) is 26.1 Å².